The number of fused-ring (bicyclic) bond motifs is 1. The van der Waals surface area contributed by atoms with Crippen LogP contribution in [0.2, 0.25) is 0 Å². The SMILES string of the molecule is Cc1c(C)c2c(c(C)c1OCc1ccccn1)C(c1ccc(C(C)C)cc1)C(C)(C)O2. The zero-order valence-corrected chi connectivity index (χ0v) is 19.7. The van der Waals surface area contributed by atoms with Crippen molar-refractivity contribution in [2.45, 2.75) is 72.5 Å². The van der Waals surface area contributed by atoms with Gasteiger partial charge in [-0.25, -0.2) is 0 Å². The molecule has 1 atom stereocenters. The lowest BCUT2D eigenvalue weighted by Gasteiger charge is -2.27. The molecule has 0 bridgehead atoms. The molecule has 1 unspecified atom stereocenters. The minimum atomic E-state index is -0.330. The van der Waals surface area contributed by atoms with Crippen LogP contribution in [0.1, 0.15) is 78.6 Å². The molecule has 3 heteroatoms. The first-order chi connectivity index (χ1) is 14.7. The lowest BCUT2D eigenvalue weighted by molar-refractivity contribution is 0.121. The molecule has 3 nitrogen and oxygen atoms in total. The summed E-state index contributed by atoms with van der Waals surface area (Å²) in [4.78, 5) is 4.41. The lowest BCUT2D eigenvalue weighted by atomic mass is 9.78. The summed E-state index contributed by atoms with van der Waals surface area (Å²) in [5.74, 6) is 2.64. The number of nitrogens with zero attached hydrogens (tertiary/aromatic N) is 1. The first kappa shape index (κ1) is 21.4. The molecular formula is C28H33NO2. The summed E-state index contributed by atoms with van der Waals surface area (Å²) in [6.45, 7) is 15.7. The van der Waals surface area contributed by atoms with Crippen LogP contribution < -0.4 is 9.47 Å². The van der Waals surface area contributed by atoms with Gasteiger partial charge in [-0.05, 0) is 80.5 Å². The van der Waals surface area contributed by atoms with Gasteiger partial charge in [0, 0.05) is 11.8 Å². The Bertz CT molecular complexity index is 1080. The fourth-order valence-electron chi connectivity index (χ4n) is 4.75. The summed E-state index contributed by atoms with van der Waals surface area (Å²) >= 11 is 0. The van der Waals surface area contributed by atoms with Gasteiger partial charge in [-0.2, -0.15) is 0 Å². The van der Waals surface area contributed by atoms with Gasteiger partial charge < -0.3 is 9.47 Å². The van der Waals surface area contributed by atoms with Crippen molar-refractivity contribution in [3.63, 3.8) is 0 Å². The summed E-state index contributed by atoms with van der Waals surface area (Å²) in [6.07, 6.45) is 1.81. The highest BCUT2D eigenvalue weighted by atomic mass is 16.5. The summed E-state index contributed by atoms with van der Waals surface area (Å²) in [5, 5.41) is 0. The van der Waals surface area contributed by atoms with E-state index >= 15 is 0 Å². The fraction of sp³-hybridized carbons (Fsp3) is 0.393. The Morgan fingerprint density at radius 1 is 0.968 bits per heavy atom. The van der Waals surface area contributed by atoms with Crippen molar-refractivity contribution in [1.29, 1.82) is 0 Å². The quantitative estimate of drug-likeness (QED) is 0.449. The lowest BCUT2D eigenvalue weighted by Crippen LogP contribution is -2.31. The van der Waals surface area contributed by atoms with Gasteiger partial charge in [0.15, 0.2) is 0 Å². The maximum atomic E-state index is 6.58. The molecule has 4 rings (SSSR count). The van der Waals surface area contributed by atoms with E-state index in [1.165, 1.54) is 16.7 Å². The molecule has 0 N–H and O–H groups in total. The largest absolute Gasteiger partial charge is 0.487 e. The second kappa shape index (κ2) is 8.03. The van der Waals surface area contributed by atoms with Gasteiger partial charge in [-0.1, -0.05) is 44.2 Å². The maximum absolute atomic E-state index is 6.58. The fourth-order valence-corrected chi connectivity index (χ4v) is 4.75. The predicted molar refractivity (Wildman–Crippen MR) is 126 cm³/mol. The Kier molecular flexibility index (Phi) is 5.55. The molecule has 162 valence electrons. The second-order valence-electron chi connectivity index (χ2n) is 9.52. The molecule has 1 aliphatic heterocycles. The van der Waals surface area contributed by atoms with E-state index in [1.807, 2.05) is 18.2 Å². The third-order valence-electron chi connectivity index (χ3n) is 6.61. The van der Waals surface area contributed by atoms with E-state index in [0.29, 0.717) is 12.5 Å². The van der Waals surface area contributed by atoms with E-state index in [1.54, 1.807) is 6.20 Å². The van der Waals surface area contributed by atoms with Crippen LogP contribution in [0.5, 0.6) is 11.5 Å². The Hall–Kier alpha value is -2.81. The van der Waals surface area contributed by atoms with Crippen molar-refractivity contribution < 1.29 is 9.47 Å². The molecule has 2 heterocycles. The Labute approximate surface area is 186 Å². The Balaban J connectivity index is 1.78. The summed E-state index contributed by atoms with van der Waals surface area (Å²) in [5.41, 5.74) is 7.95. The molecule has 0 spiro atoms. The van der Waals surface area contributed by atoms with E-state index in [0.717, 1.165) is 33.9 Å². The van der Waals surface area contributed by atoms with E-state index < -0.39 is 0 Å². The topological polar surface area (TPSA) is 31.4 Å². The third kappa shape index (κ3) is 3.82. The van der Waals surface area contributed by atoms with Crippen molar-refractivity contribution in [3.8, 4) is 11.5 Å². The highest BCUT2D eigenvalue weighted by Crippen LogP contribution is 2.54. The van der Waals surface area contributed by atoms with Crippen LogP contribution in [0.4, 0.5) is 0 Å². The number of aromatic nitrogens is 1. The summed E-state index contributed by atoms with van der Waals surface area (Å²) in [6, 6.07) is 15.0. The first-order valence-electron chi connectivity index (χ1n) is 11.2. The van der Waals surface area contributed by atoms with Crippen LogP contribution in [0.25, 0.3) is 0 Å². The highest BCUT2D eigenvalue weighted by Gasteiger charge is 2.45. The van der Waals surface area contributed by atoms with E-state index in [9.17, 15) is 0 Å². The van der Waals surface area contributed by atoms with Crippen LogP contribution in [-0.4, -0.2) is 10.6 Å². The van der Waals surface area contributed by atoms with Crippen LogP contribution in [0, 0.1) is 20.8 Å². The zero-order chi connectivity index (χ0) is 22.3. The van der Waals surface area contributed by atoms with Gasteiger partial charge in [0.2, 0.25) is 0 Å². The van der Waals surface area contributed by atoms with Crippen molar-refractivity contribution in [3.05, 3.63) is 87.7 Å². The van der Waals surface area contributed by atoms with Gasteiger partial charge in [0.25, 0.3) is 0 Å². The van der Waals surface area contributed by atoms with Gasteiger partial charge >= 0.3 is 0 Å². The molecule has 1 aliphatic rings. The number of ether oxygens (including phenoxy) is 2. The zero-order valence-electron chi connectivity index (χ0n) is 19.7. The average molecular weight is 416 g/mol. The molecule has 0 saturated heterocycles. The standard InChI is InChI=1S/C28H33NO2/c1-17(2)21-11-13-22(14-12-21)25-24-20(5)26(30-16-23-10-8-9-15-29-23)18(3)19(4)27(24)31-28(25,6)7/h8-15,17,25H,16H2,1-7H3. The summed E-state index contributed by atoms with van der Waals surface area (Å²) in [7, 11) is 0. The maximum Gasteiger partial charge on any atom is 0.130 e. The van der Waals surface area contributed by atoms with Crippen molar-refractivity contribution in [2.75, 3.05) is 0 Å². The molecule has 31 heavy (non-hydrogen) atoms. The molecule has 0 aliphatic carbocycles. The summed E-state index contributed by atoms with van der Waals surface area (Å²) < 4.78 is 12.9. The van der Waals surface area contributed by atoms with Crippen LogP contribution in [-0.2, 0) is 6.61 Å². The molecule has 0 radical (unpaired) electrons. The minimum absolute atomic E-state index is 0.153. The van der Waals surface area contributed by atoms with Crippen molar-refractivity contribution in [2.24, 2.45) is 0 Å². The number of hydrogen-bond donors (Lipinski definition) is 0. The molecule has 1 aromatic heterocycles. The number of rotatable bonds is 5. The smallest absolute Gasteiger partial charge is 0.130 e. The number of hydrogen-bond acceptors (Lipinski definition) is 3. The molecule has 0 saturated carbocycles. The number of benzene rings is 2. The second-order valence-corrected chi connectivity index (χ2v) is 9.52. The van der Waals surface area contributed by atoms with Gasteiger partial charge in [0.05, 0.1) is 11.6 Å². The molecular weight excluding hydrogens is 382 g/mol. The van der Waals surface area contributed by atoms with Crippen molar-refractivity contribution in [1.82, 2.24) is 4.98 Å². The Morgan fingerprint density at radius 3 is 2.29 bits per heavy atom. The van der Waals surface area contributed by atoms with E-state index in [-0.39, 0.29) is 11.5 Å². The van der Waals surface area contributed by atoms with Gasteiger partial charge in [0.1, 0.15) is 23.7 Å². The van der Waals surface area contributed by atoms with Crippen molar-refractivity contribution >= 4 is 0 Å². The van der Waals surface area contributed by atoms with Gasteiger partial charge in [-0.15, -0.1) is 0 Å². The molecule has 3 aromatic rings. The molecule has 2 aromatic carbocycles. The average Bonchev–Trinajstić information content (AvgIpc) is 3.04. The number of pyridine rings is 1. The van der Waals surface area contributed by atoms with Crippen LogP contribution in [0.15, 0.2) is 48.7 Å². The third-order valence-corrected chi connectivity index (χ3v) is 6.61. The van der Waals surface area contributed by atoms with E-state index in [4.69, 9.17) is 9.47 Å². The van der Waals surface area contributed by atoms with Crippen LogP contribution >= 0.6 is 0 Å². The molecule has 0 amide bonds. The Morgan fingerprint density at radius 2 is 1.68 bits per heavy atom. The predicted octanol–water partition coefficient (Wildman–Crippen LogP) is 7.01. The van der Waals surface area contributed by atoms with Gasteiger partial charge in [-0.3, -0.25) is 4.98 Å². The molecule has 0 fully saturated rings. The van der Waals surface area contributed by atoms with Crippen LogP contribution in [0.3, 0.4) is 0 Å². The monoisotopic (exact) mass is 415 g/mol. The first-order valence-corrected chi connectivity index (χ1v) is 11.2. The normalized spacial score (nSPS) is 16.8. The minimum Gasteiger partial charge on any atom is -0.487 e. The highest BCUT2D eigenvalue weighted by molar-refractivity contribution is 5.64. The van der Waals surface area contributed by atoms with E-state index in [2.05, 4.69) is 77.7 Å².